The van der Waals surface area contributed by atoms with Gasteiger partial charge in [0, 0.05) is 24.7 Å². The Morgan fingerprint density at radius 2 is 1.96 bits per heavy atom. The normalized spacial score (nSPS) is 17.1. The lowest BCUT2D eigenvalue weighted by molar-refractivity contribution is 0.0947. The van der Waals surface area contributed by atoms with Gasteiger partial charge in [-0.3, -0.25) is 9.69 Å². The van der Waals surface area contributed by atoms with E-state index in [-0.39, 0.29) is 5.91 Å². The fraction of sp³-hybridized carbons (Fsp3) is 0.435. The Labute approximate surface area is 167 Å². The third-order valence-corrected chi connectivity index (χ3v) is 5.06. The number of carbonyl (C=O) groups excluding carboxylic acids is 1. The summed E-state index contributed by atoms with van der Waals surface area (Å²) < 4.78 is 10.8. The van der Waals surface area contributed by atoms with Crippen molar-refractivity contribution < 1.29 is 14.3 Å². The number of nitrogens with one attached hydrogen (secondary N) is 1. The van der Waals surface area contributed by atoms with Gasteiger partial charge in [0.05, 0.1) is 13.7 Å². The maximum atomic E-state index is 12.3. The summed E-state index contributed by atoms with van der Waals surface area (Å²) in [6, 6.07) is 15.3. The second-order valence-electron chi connectivity index (χ2n) is 7.46. The molecule has 0 saturated carbocycles. The van der Waals surface area contributed by atoms with Crippen LogP contribution in [0.5, 0.6) is 11.5 Å². The molecule has 150 valence electrons. The molecule has 0 unspecified atom stereocenters. The molecule has 1 atom stereocenters. The molecule has 5 nitrogen and oxygen atoms in total. The zero-order valence-corrected chi connectivity index (χ0v) is 16.8. The topological polar surface area (TPSA) is 50.8 Å². The monoisotopic (exact) mass is 382 g/mol. The lowest BCUT2D eigenvalue weighted by Gasteiger charge is -2.30. The zero-order valence-electron chi connectivity index (χ0n) is 16.8. The number of carbonyl (C=O) groups is 1. The molecular formula is C23H30N2O3. The maximum absolute atomic E-state index is 12.3. The summed E-state index contributed by atoms with van der Waals surface area (Å²) in [5.41, 5.74) is 1.93. The molecule has 1 fully saturated rings. The first-order chi connectivity index (χ1) is 13.6. The van der Waals surface area contributed by atoms with Gasteiger partial charge >= 0.3 is 0 Å². The van der Waals surface area contributed by atoms with Crippen molar-refractivity contribution in [1.82, 2.24) is 10.2 Å². The molecule has 1 amide bonds. The summed E-state index contributed by atoms with van der Waals surface area (Å²) >= 11 is 0. The number of hydrogen-bond donors (Lipinski definition) is 1. The number of likely N-dealkylation sites (tertiary alicyclic amines) is 1. The van der Waals surface area contributed by atoms with Crippen LogP contribution in [0.3, 0.4) is 0 Å². The van der Waals surface area contributed by atoms with Crippen LogP contribution in [0.4, 0.5) is 0 Å². The predicted octanol–water partition coefficient (Wildman–Crippen LogP) is 3.74. The van der Waals surface area contributed by atoms with Gasteiger partial charge in [-0.15, -0.1) is 0 Å². The van der Waals surface area contributed by atoms with Crippen molar-refractivity contribution in [2.24, 2.45) is 5.92 Å². The fourth-order valence-electron chi connectivity index (χ4n) is 3.58. The Bertz CT molecular complexity index is 761. The van der Waals surface area contributed by atoms with E-state index in [1.165, 1.54) is 24.9 Å². The first-order valence-corrected chi connectivity index (χ1v) is 10.0. The molecule has 2 aromatic carbocycles. The van der Waals surface area contributed by atoms with Crippen molar-refractivity contribution >= 4 is 5.91 Å². The fourth-order valence-corrected chi connectivity index (χ4v) is 3.58. The first-order valence-electron chi connectivity index (χ1n) is 10.0. The molecule has 0 bridgehead atoms. The van der Waals surface area contributed by atoms with Crippen LogP contribution in [0.25, 0.3) is 0 Å². The van der Waals surface area contributed by atoms with E-state index in [2.05, 4.69) is 29.3 Å². The maximum Gasteiger partial charge on any atom is 0.251 e. The van der Waals surface area contributed by atoms with Crippen molar-refractivity contribution in [3.05, 3.63) is 59.7 Å². The molecule has 28 heavy (non-hydrogen) atoms. The van der Waals surface area contributed by atoms with E-state index in [9.17, 15) is 4.79 Å². The highest BCUT2D eigenvalue weighted by Crippen LogP contribution is 2.19. The number of nitrogens with zero attached hydrogens (tertiary/aromatic N) is 1. The highest BCUT2D eigenvalue weighted by molar-refractivity contribution is 5.94. The number of methoxy groups -OCH3 is 1. The van der Waals surface area contributed by atoms with Gasteiger partial charge in [-0.05, 0) is 55.1 Å². The summed E-state index contributed by atoms with van der Waals surface area (Å²) in [6.45, 7) is 6.46. The van der Waals surface area contributed by atoms with Crippen molar-refractivity contribution in [2.75, 3.05) is 33.4 Å². The second-order valence-corrected chi connectivity index (χ2v) is 7.46. The quantitative estimate of drug-likeness (QED) is 0.707. The van der Waals surface area contributed by atoms with Crippen LogP contribution in [0.1, 0.15) is 35.7 Å². The molecule has 1 heterocycles. The summed E-state index contributed by atoms with van der Waals surface area (Å²) in [5, 5.41) is 2.90. The summed E-state index contributed by atoms with van der Waals surface area (Å²) in [5.74, 6) is 2.18. The Kier molecular flexibility index (Phi) is 7.31. The van der Waals surface area contributed by atoms with Crippen molar-refractivity contribution in [2.45, 2.75) is 26.3 Å². The molecular weight excluding hydrogens is 352 g/mol. The minimum atomic E-state index is -0.0765. The van der Waals surface area contributed by atoms with Gasteiger partial charge in [-0.1, -0.05) is 25.1 Å². The van der Waals surface area contributed by atoms with Gasteiger partial charge < -0.3 is 14.8 Å². The van der Waals surface area contributed by atoms with E-state index in [1.54, 1.807) is 7.11 Å². The van der Waals surface area contributed by atoms with E-state index < -0.39 is 0 Å². The molecule has 0 radical (unpaired) electrons. The van der Waals surface area contributed by atoms with E-state index in [0.29, 0.717) is 18.7 Å². The van der Waals surface area contributed by atoms with Crippen LogP contribution in [-0.2, 0) is 6.54 Å². The van der Waals surface area contributed by atoms with E-state index in [4.69, 9.17) is 9.47 Å². The van der Waals surface area contributed by atoms with Gasteiger partial charge in [0.15, 0.2) is 0 Å². The van der Waals surface area contributed by atoms with Crippen LogP contribution < -0.4 is 14.8 Å². The van der Waals surface area contributed by atoms with Crippen LogP contribution in [-0.4, -0.2) is 44.2 Å². The van der Waals surface area contributed by atoms with Gasteiger partial charge in [-0.2, -0.15) is 0 Å². The molecule has 0 aromatic heterocycles. The molecule has 2 aromatic rings. The third-order valence-electron chi connectivity index (χ3n) is 5.06. The Hall–Kier alpha value is -2.53. The lowest BCUT2D eigenvalue weighted by Crippen LogP contribution is -2.33. The number of ether oxygens (including phenoxy) is 2. The van der Waals surface area contributed by atoms with Gasteiger partial charge in [0.25, 0.3) is 5.91 Å². The molecule has 5 heteroatoms. The molecule has 0 spiro atoms. The Morgan fingerprint density at radius 3 is 2.71 bits per heavy atom. The van der Waals surface area contributed by atoms with Crippen LogP contribution in [0, 0.1) is 5.92 Å². The van der Waals surface area contributed by atoms with E-state index >= 15 is 0 Å². The predicted molar refractivity (Wildman–Crippen MR) is 111 cm³/mol. The molecule has 1 N–H and O–H groups in total. The van der Waals surface area contributed by atoms with Crippen LogP contribution in [0.2, 0.25) is 0 Å². The Balaban J connectivity index is 1.41. The van der Waals surface area contributed by atoms with Gasteiger partial charge in [0.2, 0.25) is 0 Å². The molecule has 3 rings (SSSR count). The summed E-state index contributed by atoms with van der Waals surface area (Å²) in [6.07, 6.45) is 2.61. The highest BCUT2D eigenvalue weighted by Gasteiger charge is 2.16. The van der Waals surface area contributed by atoms with Crippen LogP contribution >= 0.6 is 0 Å². The molecule has 1 aliphatic heterocycles. The Morgan fingerprint density at radius 1 is 1.18 bits per heavy atom. The van der Waals surface area contributed by atoms with Gasteiger partial charge in [-0.25, -0.2) is 0 Å². The van der Waals surface area contributed by atoms with Crippen LogP contribution in [0.15, 0.2) is 48.5 Å². The van der Waals surface area contributed by atoms with Crippen molar-refractivity contribution in [3.63, 3.8) is 0 Å². The molecule has 1 aliphatic rings. The number of hydrogen-bond acceptors (Lipinski definition) is 4. The minimum Gasteiger partial charge on any atom is -0.497 e. The number of amides is 1. The minimum absolute atomic E-state index is 0.0765. The third kappa shape index (κ3) is 5.99. The number of piperidine rings is 1. The second kappa shape index (κ2) is 10.1. The zero-order chi connectivity index (χ0) is 19.8. The van der Waals surface area contributed by atoms with Gasteiger partial charge in [0.1, 0.15) is 18.1 Å². The molecule has 1 saturated heterocycles. The average Bonchev–Trinajstić information content (AvgIpc) is 2.72. The lowest BCUT2D eigenvalue weighted by atomic mass is 9.99. The molecule has 0 aliphatic carbocycles. The smallest absolute Gasteiger partial charge is 0.251 e. The SMILES string of the molecule is COc1cccc(OCCNC(=O)c2ccc(CN3CCC[C@H](C)C3)cc2)c1. The number of benzene rings is 2. The van der Waals surface area contributed by atoms with E-state index in [0.717, 1.165) is 30.5 Å². The van der Waals surface area contributed by atoms with Crippen molar-refractivity contribution in [1.29, 1.82) is 0 Å². The summed E-state index contributed by atoms with van der Waals surface area (Å²) in [4.78, 5) is 14.8. The standard InChI is InChI=1S/C23H30N2O3/c1-18-5-4-13-25(16-18)17-19-8-10-20(11-9-19)23(26)24-12-14-28-22-7-3-6-21(15-22)27-2/h3,6-11,15,18H,4-5,12-14,16-17H2,1-2H3,(H,24,26)/t18-/m0/s1. The summed E-state index contributed by atoms with van der Waals surface area (Å²) in [7, 11) is 1.62. The first kappa shape index (κ1) is 20.2. The number of rotatable bonds is 8. The largest absolute Gasteiger partial charge is 0.497 e. The van der Waals surface area contributed by atoms with E-state index in [1.807, 2.05) is 36.4 Å². The highest BCUT2D eigenvalue weighted by atomic mass is 16.5. The average molecular weight is 383 g/mol. The van der Waals surface area contributed by atoms with Crippen molar-refractivity contribution in [3.8, 4) is 11.5 Å².